The molecule has 0 bridgehead atoms. The van der Waals surface area contributed by atoms with Gasteiger partial charge in [-0.25, -0.2) is 27.9 Å². The number of rotatable bonds is 10. The first kappa shape index (κ1) is 30.5. The van der Waals surface area contributed by atoms with Crippen LogP contribution in [0.2, 0.25) is 0 Å². The first-order valence-corrected chi connectivity index (χ1v) is 14.2. The summed E-state index contributed by atoms with van der Waals surface area (Å²) >= 11 is 0. The second-order valence-electron chi connectivity index (χ2n) is 10.5. The predicted molar refractivity (Wildman–Crippen MR) is 158 cm³/mol. The van der Waals surface area contributed by atoms with Gasteiger partial charge in [0, 0.05) is 30.4 Å². The number of methoxy groups -OCH3 is 2. The van der Waals surface area contributed by atoms with Gasteiger partial charge < -0.3 is 23.5 Å². The third-order valence-electron chi connectivity index (χ3n) is 7.65. The topological polar surface area (TPSA) is 121 Å². The van der Waals surface area contributed by atoms with Gasteiger partial charge in [-0.3, -0.25) is 0 Å². The fourth-order valence-corrected chi connectivity index (χ4v) is 5.16. The molecule has 5 aromatic rings. The molecule has 0 radical (unpaired) electrons. The maximum absolute atomic E-state index is 15.6. The lowest BCUT2D eigenvalue weighted by Crippen LogP contribution is -2.31. The minimum absolute atomic E-state index is 0.000506. The molecule has 3 heterocycles. The summed E-state index contributed by atoms with van der Waals surface area (Å²) in [7, 11) is 2.66. The van der Waals surface area contributed by atoms with E-state index in [0.29, 0.717) is 29.0 Å². The lowest BCUT2D eigenvalue weighted by molar-refractivity contribution is -0.0589. The van der Waals surface area contributed by atoms with Crippen molar-refractivity contribution in [2.45, 2.75) is 32.1 Å². The third-order valence-corrected chi connectivity index (χ3v) is 7.65. The highest BCUT2D eigenvalue weighted by Crippen LogP contribution is 2.30. The molecule has 10 nitrogen and oxygen atoms in total. The average molecular weight is 630 g/mol. The first-order valence-electron chi connectivity index (χ1n) is 14.2. The van der Waals surface area contributed by atoms with Crippen molar-refractivity contribution in [1.82, 2.24) is 19.5 Å². The maximum atomic E-state index is 15.6. The van der Waals surface area contributed by atoms with Crippen LogP contribution in [0.15, 0.2) is 54.7 Å². The van der Waals surface area contributed by atoms with Gasteiger partial charge in [-0.15, -0.1) is 0 Å². The molecular formula is C33H26F3N5O5. The minimum atomic E-state index is -0.751. The molecule has 0 aliphatic carbocycles. The molecule has 6 rings (SSSR count). The zero-order valence-electron chi connectivity index (χ0n) is 24.7. The molecule has 13 heteroatoms. The van der Waals surface area contributed by atoms with E-state index in [1.165, 1.54) is 32.5 Å². The molecule has 1 fully saturated rings. The summed E-state index contributed by atoms with van der Waals surface area (Å²) in [5, 5.41) is 9.11. The summed E-state index contributed by atoms with van der Waals surface area (Å²) < 4.78 is 69.1. The summed E-state index contributed by atoms with van der Waals surface area (Å²) in [5.74, 6) is -2.22. The van der Waals surface area contributed by atoms with Gasteiger partial charge in [0.15, 0.2) is 5.82 Å². The Hall–Kier alpha value is -5.48. The summed E-state index contributed by atoms with van der Waals surface area (Å²) in [6.07, 6.45) is 1.79. The number of carbonyl (C=O) groups excluding carboxylic acids is 1. The minimum Gasteiger partial charge on any atom is -0.496 e. The largest absolute Gasteiger partial charge is 0.496 e. The van der Waals surface area contributed by atoms with Crippen LogP contribution in [-0.4, -0.2) is 52.4 Å². The van der Waals surface area contributed by atoms with Crippen LogP contribution < -0.4 is 9.47 Å². The highest BCUT2D eigenvalue weighted by atomic mass is 19.1. The molecule has 46 heavy (non-hydrogen) atoms. The second kappa shape index (κ2) is 12.9. The van der Waals surface area contributed by atoms with E-state index in [1.54, 1.807) is 22.8 Å². The Labute approximate surface area is 261 Å². The molecule has 0 spiro atoms. The summed E-state index contributed by atoms with van der Waals surface area (Å²) in [4.78, 5) is 24.9. The molecule has 1 aliphatic heterocycles. The van der Waals surface area contributed by atoms with Gasteiger partial charge >= 0.3 is 12.0 Å². The number of nitrogens with zero attached hydrogens (tertiary/aromatic N) is 5. The van der Waals surface area contributed by atoms with E-state index in [4.69, 9.17) is 24.2 Å². The molecule has 3 aromatic carbocycles. The van der Waals surface area contributed by atoms with Gasteiger partial charge in [-0.2, -0.15) is 10.2 Å². The first-order chi connectivity index (χ1) is 22.3. The SMILES string of the molecule is COC(=O)c1cc(F)c2nc(Cc3cc(F)c(-c4ccnc(OCc5ccc(C#N)cc5OC)n4)cc3F)n(C[C@@H]3CCO3)c2c1. The van der Waals surface area contributed by atoms with Gasteiger partial charge in [-0.05, 0) is 54.4 Å². The summed E-state index contributed by atoms with van der Waals surface area (Å²) in [6.45, 7) is 0.869. The van der Waals surface area contributed by atoms with Gasteiger partial charge in [0.05, 0.1) is 55.3 Å². The monoisotopic (exact) mass is 629 g/mol. The standard InChI is InChI=1S/C33H26F3N5O5/c1-43-29-9-18(15-37)3-4-19(29)17-46-33-38-7-5-27(39-33)23-14-24(34)20(10-25(23)35)13-30-40-31-26(36)11-21(32(42)44-2)12-28(31)41(30)16-22-6-8-45-22/h3-5,7,9-12,14,22H,6,8,13,16-17H2,1-2H3/t22-/m0/s1. The Bertz CT molecular complexity index is 2000. The summed E-state index contributed by atoms with van der Waals surface area (Å²) in [5.41, 5.74) is 1.32. The number of benzene rings is 3. The number of ether oxygens (including phenoxy) is 4. The van der Waals surface area contributed by atoms with Crippen molar-refractivity contribution in [2.24, 2.45) is 0 Å². The zero-order chi connectivity index (χ0) is 32.4. The second-order valence-corrected chi connectivity index (χ2v) is 10.5. The van der Waals surface area contributed by atoms with E-state index in [-0.39, 0.29) is 65.4 Å². The van der Waals surface area contributed by atoms with Crippen molar-refractivity contribution in [1.29, 1.82) is 5.26 Å². The fourth-order valence-electron chi connectivity index (χ4n) is 5.16. The van der Waals surface area contributed by atoms with Crippen LogP contribution in [0.5, 0.6) is 11.8 Å². The van der Waals surface area contributed by atoms with Crippen molar-refractivity contribution < 1.29 is 36.9 Å². The van der Waals surface area contributed by atoms with Gasteiger partial charge in [0.1, 0.15) is 35.3 Å². The Morgan fingerprint density at radius 3 is 2.59 bits per heavy atom. The highest BCUT2D eigenvalue weighted by Gasteiger charge is 2.25. The lowest BCUT2D eigenvalue weighted by Gasteiger charge is -2.27. The van der Waals surface area contributed by atoms with Crippen LogP contribution >= 0.6 is 0 Å². The van der Waals surface area contributed by atoms with Crippen LogP contribution in [0.4, 0.5) is 13.2 Å². The number of carbonyl (C=O) groups is 1. The molecule has 0 unspecified atom stereocenters. The molecule has 0 amide bonds. The quantitative estimate of drug-likeness (QED) is 0.184. The van der Waals surface area contributed by atoms with Crippen LogP contribution in [0.25, 0.3) is 22.3 Å². The fraction of sp³-hybridized carbons (Fsp3) is 0.242. The zero-order valence-corrected chi connectivity index (χ0v) is 24.7. The number of esters is 1. The van der Waals surface area contributed by atoms with Crippen molar-refractivity contribution >= 4 is 17.0 Å². The molecule has 0 saturated carbocycles. The van der Waals surface area contributed by atoms with E-state index >= 15 is 13.2 Å². The number of halogens is 3. The van der Waals surface area contributed by atoms with E-state index < -0.39 is 23.4 Å². The molecule has 0 N–H and O–H groups in total. The Kier molecular flexibility index (Phi) is 8.54. The molecular weight excluding hydrogens is 603 g/mol. The van der Waals surface area contributed by atoms with Crippen molar-refractivity contribution in [3.8, 4) is 29.1 Å². The predicted octanol–water partition coefficient (Wildman–Crippen LogP) is 5.54. The number of hydrogen-bond acceptors (Lipinski definition) is 9. The van der Waals surface area contributed by atoms with Crippen molar-refractivity contribution in [2.75, 3.05) is 20.8 Å². The smallest absolute Gasteiger partial charge is 0.338 e. The third kappa shape index (κ3) is 6.07. The number of aromatic nitrogens is 4. The number of imidazole rings is 1. The lowest BCUT2D eigenvalue weighted by atomic mass is 10.0. The van der Waals surface area contributed by atoms with E-state index in [9.17, 15) is 4.79 Å². The molecule has 1 aliphatic rings. The van der Waals surface area contributed by atoms with Crippen molar-refractivity contribution in [3.63, 3.8) is 0 Å². The van der Waals surface area contributed by atoms with Crippen LogP contribution in [0.1, 0.15) is 39.3 Å². The maximum Gasteiger partial charge on any atom is 0.338 e. The number of nitriles is 1. The van der Waals surface area contributed by atoms with Crippen LogP contribution in [0, 0.1) is 28.8 Å². The average Bonchev–Trinajstić information content (AvgIpc) is 3.39. The summed E-state index contributed by atoms with van der Waals surface area (Å²) in [6, 6.07) is 12.8. The molecule has 1 saturated heterocycles. The van der Waals surface area contributed by atoms with Gasteiger partial charge in [0.25, 0.3) is 0 Å². The van der Waals surface area contributed by atoms with Crippen LogP contribution in [-0.2, 0) is 29.0 Å². The Morgan fingerprint density at radius 2 is 1.87 bits per heavy atom. The molecule has 234 valence electrons. The Morgan fingerprint density at radius 1 is 1.04 bits per heavy atom. The van der Waals surface area contributed by atoms with Gasteiger partial charge in [0.2, 0.25) is 0 Å². The van der Waals surface area contributed by atoms with Crippen molar-refractivity contribution in [3.05, 3.63) is 100 Å². The van der Waals surface area contributed by atoms with Crippen LogP contribution in [0.3, 0.4) is 0 Å². The number of hydrogen-bond donors (Lipinski definition) is 0. The normalized spacial score (nSPS) is 14.0. The van der Waals surface area contributed by atoms with E-state index in [2.05, 4.69) is 15.0 Å². The Balaban J connectivity index is 1.28. The molecule has 2 aromatic heterocycles. The van der Waals surface area contributed by atoms with E-state index in [1.807, 2.05) is 6.07 Å². The van der Waals surface area contributed by atoms with E-state index in [0.717, 1.165) is 24.6 Å². The van der Waals surface area contributed by atoms with Gasteiger partial charge in [-0.1, -0.05) is 6.07 Å². The number of fused-ring (bicyclic) bond motifs is 1. The molecule has 1 atom stereocenters. The highest BCUT2D eigenvalue weighted by molar-refractivity contribution is 5.94.